The third kappa shape index (κ3) is 5.17. The average molecular weight is 289 g/mol. The predicted octanol–water partition coefficient (Wildman–Crippen LogP) is 3.14. The highest BCUT2D eigenvalue weighted by Crippen LogP contribution is 2.12. The zero-order valence-electron chi connectivity index (χ0n) is 12.1. The summed E-state index contributed by atoms with van der Waals surface area (Å²) in [4.78, 5) is 0. The number of hydrogen-bond donors (Lipinski definition) is 1. The fourth-order valence-corrected chi connectivity index (χ4v) is 1.92. The number of halogens is 1. The number of nitrogens with one attached hydrogen (secondary N) is 1. The van der Waals surface area contributed by atoms with Crippen molar-refractivity contribution < 1.29 is 13.9 Å². The Morgan fingerprint density at radius 2 is 1.76 bits per heavy atom. The van der Waals surface area contributed by atoms with Crippen LogP contribution in [0.25, 0.3) is 0 Å². The quantitative estimate of drug-likeness (QED) is 0.757. The lowest BCUT2D eigenvalue weighted by molar-refractivity contribution is 0.0872. The maximum Gasteiger partial charge on any atom is 0.128 e. The van der Waals surface area contributed by atoms with Crippen LogP contribution in [0, 0.1) is 5.82 Å². The van der Waals surface area contributed by atoms with Crippen molar-refractivity contribution in [2.45, 2.75) is 13.2 Å². The maximum absolute atomic E-state index is 13.3. The highest BCUT2D eigenvalue weighted by Gasteiger charge is 2.00. The van der Waals surface area contributed by atoms with Gasteiger partial charge in [0, 0.05) is 12.1 Å². The van der Waals surface area contributed by atoms with E-state index in [1.165, 1.54) is 11.6 Å². The summed E-state index contributed by atoms with van der Waals surface area (Å²) in [5.74, 6) is 0.572. The third-order valence-corrected chi connectivity index (χ3v) is 3.02. The van der Waals surface area contributed by atoms with Crippen molar-refractivity contribution in [3.8, 4) is 5.75 Å². The summed E-state index contributed by atoms with van der Waals surface area (Å²) in [6.45, 7) is 1.97. The zero-order valence-corrected chi connectivity index (χ0v) is 12.1. The van der Waals surface area contributed by atoms with Crippen molar-refractivity contribution in [2.75, 3.05) is 20.3 Å². The average Bonchev–Trinajstić information content (AvgIpc) is 2.51. The second kappa shape index (κ2) is 8.39. The summed E-state index contributed by atoms with van der Waals surface area (Å²) >= 11 is 0. The summed E-state index contributed by atoms with van der Waals surface area (Å²) in [6.07, 6.45) is 0. The van der Waals surface area contributed by atoms with Gasteiger partial charge in [0.2, 0.25) is 0 Å². The Kier molecular flexibility index (Phi) is 6.19. The zero-order chi connectivity index (χ0) is 14.9. The number of ether oxygens (including phenoxy) is 2. The van der Waals surface area contributed by atoms with Gasteiger partial charge in [-0.3, -0.25) is 0 Å². The lowest BCUT2D eigenvalue weighted by Crippen LogP contribution is -2.08. The molecule has 0 unspecified atom stereocenters. The van der Waals surface area contributed by atoms with Gasteiger partial charge in [-0.15, -0.1) is 0 Å². The molecule has 2 aromatic carbocycles. The molecule has 112 valence electrons. The highest BCUT2D eigenvalue weighted by molar-refractivity contribution is 5.27. The molecular weight excluding hydrogens is 269 g/mol. The van der Waals surface area contributed by atoms with E-state index in [0.29, 0.717) is 18.8 Å². The maximum atomic E-state index is 13.3. The molecule has 21 heavy (non-hydrogen) atoms. The minimum atomic E-state index is -0.237. The van der Waals surface area contributed by atoms with Crippen molar-refractivity contribution in [2.24, 2.45) is 0 Å². The molecule has 0 atom stereocenters. The van der Waals surface area contributed by atoms with E-state index in [2.05, 4.69) is 5.32 Å². The summed E-state index contributed by atoms with van der Waals surface area (Å²) in [6, 6.07) is 14.5. The fraction of sp³-hybridized carbons (Fsp3) is 0.294. The smallest absolute Gasteiger partial charge is 0.128 e. The van der Waals surface area contributed by atoms with Crippen LogP contribution in [0.15, 0.2) is 48.5 Å². The Bertz CT molecular complexity index is 543. The van der Waals surface area contributed by atoms with E-state index in [0.717, 1.165) is 12.3 Å². The molecular formula is C17H20FNO2. The number of rotatable bonds is 8. The molecule has 0 saturated heterocycles. The lowest BCUT2D eigenvalue weighted by Gasteiger charge is -2.08. The van der Waals surface area contributed by atoms with Gasteiger partial charge in [0.05, 0.1) is 13.2 Å². The van der Waals surface area contributed by atoms with Crippen LogP contribution in [0.4, 0.5) is 4.39 Å². The van der Waals surface area contributed by atoms with Crippen LogP contribution < -0.4 is 10.1 Å². The van der Waals surface area contributed by atoms with Crippen LogP contribution in [0.5, 0.6) is 5.75 Å². The van der Waals surface area contributed by atoms with E-state index >= 15 is 0 Å². The molecule has 3 nitrogen and oxygen atoms in total. The Balaban J connectivity index is 1.66. The van der Waals surface area contributed by atoms with Crippen molar-refractivity contribution in [1.29, 1.82) is 0 Å². The Morgan fingerprint density at radius 1 is 1.00 bits per heavy atom. The Hall–Kier alpha value is -1.91. The van der Waals surface area contributed by atoms with Crippen molar-refractivity contribution in [3.63, 3.8) is 0 Å². The van der Waals surface area contributed by atoms with Gasteiger partial charge in [-0.05, 0) is 30.8 Å². The van der Waals surface area contributed by atoms with Crippen molar-refractivity contribution >= 4 is 0 Å². The van der Waals surface area contributed by atoms with Gasteiger partial charge < -0.3 is 14.8 Å². The molecule has 4 heteroatoms. The monoisotopic (exact) mass is 289 g/mol. The second-order valence-corrected chi connectivity index (χ2v) is 4.67. The first-order chi connectivity index (χ1) is 10.3. The van der Waals surface area contributed by atoms with Crippen LogP contribution in [0.1, 0.15) is 11.1 Å². The largest absolute Gasteiger partial charge is 0.491 e. The van der Waals surface area contributed by atoms with E-state index in [1.54, 1.807) is 18.2 Å². The van der Waals surface area contributed by atoms with E-state index < -0.39 is 0 Å². The Morgan fingerprint density at radius 3 is 2.48 bits per heavy atom. The van der Waals surface area contributed by atoms with Crippen LogP contribution in [-0.2, 0) is 17.9 Å². The minimum Gasteiger partial charge on any atom is -0.491 e. The number of hydrogen-bond acceptors (Lipinski definition) is 3. The van der Waals surface area contributed by atoms with Crippen LogP contribution in [0.2, 0.25) is 0 Å². The van der Waals surface area contributed by atoms with Gasteiger partial charge in [0.25, 0.3) is 0 Å². The molecule has 2 aromatic rings. The topological polar surface area (TPSA) is 30.5 Å². The first-order valence-corrected chi connectivity index (χ1v) is 6.97. The molecule has 2 rings (SSSR count). The summed E-state index contributed by atoms with van der Waals surface area (Å²) < 4.78 is 24.3. The van der Waals surface area contributed by atoms with E-state index in [1.807, 2.05) is 31.3 Å². The molecule has 0 aliphatic rings. The molecule has 0 bridgehead atoms. The van der Waals surface area contributed by atoms with Gasteiger partial charge in [0.1, 0.15) is 18.2 Å². The SMILES string of the molecule is CNCc1ccc(OCCOCc2ccccc2F)cc1. The van der Waals surface area contributed by atoms with Gasteiger partial charge in [-0.2, -0.15) is 0 Å². The van der Waals surface area contributed by atoms with Crippen LogP contribution in [-0.4, -0.2) is 20.3 Å². The first kappa shape index (κ1) is 15.5. The first-order valence-electron chi connectivity index (χ1n) is 6.97. The highest BCUT2D eigenvalue weighted by atomic mass is 19.1. The van der Waals surface area contributed by atoms with Gasteiger partial charge in [-0.25, -0.2) is 4.39 Å². The van der Waals surface area contributed by atoms with Gasteiger partial charge in [-0.1, -0.05) is 30.3 Å². The van der Waals surface area contributed by atoms with Crippen molar-refractivity contribution in [1.82, 2.24) is 5.32 Å². The molecule has 0 aliphatic carbocycles. The summed E-state index contributed by atoms with van der Waals surface area (Å²) in [5.41, 5.74) is 1.77. The predicted molar refractivity (Wildman–Crippen MR) is 80.8 cm³/mol. The number of benzene rings is 2. The molecule has 1 N–H and O–H groups in total. The molecule has 0 spiro atoms. The summed E-state index contributed by atoms with van der Waals surface area (Å²) in [7, 11) is 1.91. The van der Waals surface area contributed by atoms with Crippen LogP contribution in [0.3, 0.4) is 0 Å². The molecule has 0 saturated carbocycles. The fourth-order valence-electron chi connectivity index (χ4n) is 1.92. The van der Waals surface area contributed by atoms with Gasteiger partial charge >= 0.3 is 0 Å². The van der Waals surface area contributed by atoms with E-state index in [-0.39, 0.29) is 12.4 Å². The summed E-state index contributed by atoms with van der Waals surface area (Å²) in [5, 5.41) is 3.09. The van der Waals surface area contributed by atoms with E-state index in [9.17, 15) is 4.39 Å². The minimum absolute atomic E-state index is 0.237. The lowest BCUT2D eigenvalue weighted by atomic mass is 10.2. The standard InChI is InChI=1S/C17H20FNO2/c1-19-12-14-6-8-16(9-7-14)21-11-10-20-13-15-4-2-3-5-17(15)18/h2-9,19H,10-13H2,1H3. The normalized spacial score (nSPS) is 10.6. The molecule has 0 aromatic heterocycles. The molecule has 0 amide bonds. The van der Waals surface area contributed by atoms with E-state index in [4.69, 9.17) is 9.47 Å². The third-order valence-electron chi connectivity index (χ3n) is 3.02. The second-order valence-electron chi connectivity index (χ2n) is 4.67. The van der Waals surface area contributed by atoms with Crippen molar-refractivity contribution in [3.05, 3.63) is 65.5 Å². The Labute approximate surface area is 124 Å². The molecule has 0 fully saturated rings. The van der Waals surface area contributed by atoms with Gasteiger partial charge in [0.15, 0.2) is 0 Å². The van der Waals surface area contributed by atoms with Crippen LogP contribution >= 0.6 is 0 Å². The molecule has 0 heterocycles. The molecule has 0 aliphatic heterocycles. The molecule has 0 radical (unpaired) electrons.